The predicted octanol–water partition coefficient (Wildman–Crippen LogP) is 4.91. The van der Waals surface area contributed by atoms with E-state index >= 15 is 0 Å². The number of unbranched alkanes of at least 4 members (excludes halogenated alkanes) is 2. The summed E-state index contributed by atoms with van der Waals surface area (Å²) in [4.78, 5) is 14.6. The molecular formula is C21H28N2O2. The van der Waals surface area contributed by atoms with E-state index in [-0.39, 0.29) is 22.8 Å². The molecule has 0 fully saturated rings. The Labute approximate surface area is 150 Å². The zero-order valence-corrected chi connectivity index (χ0v) is 15.4. The first-order valence-electron chi connectivity index (χ1n) is 9.10. The summed E-state index contributed by atoms with van der Waals surface area (Å²) >= 11 is 0. The molecule has 0 bridgehead atoms. The molecule has 0 saturated carbocycles. The molecule has 2 N–H and O–H groups in total. The third-order valence-electron chi connectivity index (χ3n) is 4.41. The van der Waals surface area contributed by atoms with E-state index in [1.165, 1.54) is 6.08 Å². The fourth-order valence-corrected chi connectivity index (χ4v) is 2.95. The minimum absolute atomic E-state index is 0.00169. The van der Waals surface area contributed by atoms with Crippen LogP contribution in [0.3, 0.4) is 0 Å². The van der Waals surface area contributed by atoms with Crippen LogP contribution in [0.25, 0.3) is 5.57 Å². The number of rotatable bonds is 9. The maximum Gasteiger partial charge on any atom is 0.201 e. The Morgan fingerprint density at radius 2 is 1.68 bits per heavy atom. The van der Waals surface area contributed by atoms with Gasteiger partial charge in [0.15, 0.2) is 0 Å². The van der Waals surface area contributed by atoms with Crippen LogP contribution in [0.1, 0.15) is 52.0 Å². The van der Waals surface area contributed by atoms with Gasteiger partial charge < -0.3 is 15.4 Å². The first kappa shape index (κ1) is 19.0. The second kappa shape index (κ2) is 8.65. The molecule has 0 saturated heterocycles. The van der Waals surface area contributed by atoms with Crippen molar-refractivity contribution in [3.05, 3.63) is 47.2 Å². The fraction of sp³-hybridized carbons (Fsp3) is 0.429. The second-order valence-electron chi connectivity index (χ2n) is 6.53. The largest absolute Gasteiger partial charge is 0.506 e. The molecule has 4 nitrogen and oxygen atoms in total. The van der Waals surface area contributed by atoms with Crippen molar-refractivity contribution in [2.24, 2.45) is 0 Å². The van der Waals surface area contributed by atoms with E-state index in [4.69, 9.17) is 5.41 Å². The average Bonchev–Trinajstić information content (AvgIpc) is 2.61. The highest BCUT2D eigenvalue weighted by Gasteiger charge is 2.34. The highest BCUT2D eigenvalue weighted by molar-refractivity contribution is 6.39. The maximum atomic E-state index is 12.2. The average molecular weight is 340 g/mol. The number of nitrogens with zero attached hydrogens (tertiary/aromatic N) is 1. The minimum Gasteiger partial charge on any atom is -0.506 e. The van der Waals surface area contributed by atoms with Gasteiger partial charge in [0.25, 0.3) is 0 Å². The Kier molecular flexibility index (Phi) is 6.57. The SMILES string of the molecule is CCCCN(CCCC)c1ccc(C2=C(O)/C(=C/C(C)=N)C2=O)cc1. The third kappa shape index (κ3) is 4.38. The fourth-order valence-electron chi connectivity index (χ4n) is 2.95. The van der Waals surface area contributed by atoms with Gasteiger partial charge >= 0.3 is 0 Å². The van der Waals surface area contributed by atoms with Crippen molar-refractivity contribution in [2.45, 2.75) is 46.5 Å². The van der Waals surface area contributed by atoms with Gasteiger partial charge in [-0.1, -0.05) is 38.8 Å². The lowest BCUT2D eigenvalue weighted by Gasteiger charge is -2.26. The van der Waals surface area contributed by atoms with E-state index in [0.29, 0.717) is 5.57 Å². The number of hydrogen-bond acceptors (Lipinski definition) is 4. The van der Waals surface area contributed by atoms with Crippen molar-refractivity contribution in [2.75, 3.05) is 18.0 Å². The molecule has 134 valence electrons. The molecule has 4 heteroatoms. The first-order chi connectivity index (χ1) is 12.0. The zero-order valence-electron chi connectivity index (χ0n) is 15.4. The van der Waals surface area contributed by atoms with Crippen molar-refractivity contribution < 1.29 is 9.90 Å². The topological polar surface area (TPSA) is 64.4 Å². The Balaban J connectivity index is 2.20. The van der Waals surface area contributed by atoms with Crippen molar-refractivity contribution >= 4 is 22.8 Å². The lowest BCUT2D eigenvalue weighted by Crippen LogP contribution is -2.25. The van der Waals surface area contributed by atoms with Crippen LogP contribution in [-0.2, 0) is 4.79 Å². The summed E-state index contributed by atoms with van der Waals surface area (Å²) in [5, 5.41) is 17.6. The van der Waals surface area contributed by atoms with Crippen LogP contribution in [0.2, 0.25) is 0 Å². The molecule has 0 spiro atoms. The van der Waals surface area contributed by atoms with Crippen molar-refractivity contribution in [1.29, 1.82) is 5.41 Å². The van der Waals surface area contributed by atoms with E-state index in [1.54, 1.807) is 6.92 Å². The van der Waals surface area contributed by atoms with Gasteiger partial charge in [0.1, 0.15) is 5.76 Å². The molecule has 2 rings (SSSR count). The van der Waals surface area contributed by atoms with Crippen LogP contribution in [0, 0.1) is 5.41 Å². The highest BCUT2D eigenvalue weighted by atomic mass is 16.3. The number of aliphatic hydroxyl groups excluding tert-OH is 1. The van der Waals surface area contributed by atoms with Crippen LogP contribution >= 0.6 is 0 Å². The second-order valence-corrected chi connectivity index (χ2v) is 6.53. The summed E-state index contributed by atoms with van der Waals surface area (Å²) in [7, 11) is 0. The molecule has 1 aromatic rings. The number of allylic oxidation sites excluding steroid dienone is 3. The van der Waals surface area contributed by atoms with E-state index in [9.17, 15) is 9.90 Å². The molecular weight excluding hydrogens is 312 g/mol. The van der Waals surface area contributed by atoms with Gasteiger partial charge in [0, 0.05) is 24.5 Å². The molecule has 0 heterocycles. The van der Waals surface area contributed by atoms with E-state index in [1.807, 2.05) is 24.3 Å². The predicted molar refractivity (Wildman–Crippen MR) is 105 cm³/mol. The zero-order chi connectivity index (χ0) is 18.4. The number of Topliss-reactive ketones (excluding diaryl/α,β-unsaturated/α-hetero) is 1. The number of benzene rings is 1. The van der Waals surface area contributed by atoms with Crippen LogP contribution in [0.4, 0.5) is 5.69 Å². The Bertz CT molecular complexity index is 691. The Hall–Kier alpha value is -2.36. The van der Waals surface area contributed by atoms with Gasteiger partial charge in [0.05, 0.1) is 11.1 Å². The quantitative estimate of drug-likeness (QED) is 0.496. The summed E-state index contributed by atoms with van der Waals surface area (Å²) in [5.41, 5.74) is 2.74. The number of anilines is 1. The summed E-state index contributed by atoms with van der Waals surface area (Å²) in [6, 6.07) is 7.85. The molecule has 0 amide bonds. The molecule has 0 radical (unpaired) electrons. The normalized spacial score (nSPS) is 15.5. The van der Waals surface area contributed by atoms with E-state index in [0.717, 1.165) is 50.0 Å². The first-order valence-corrected chi connectivity index (χ1v) is 9.10. The molecule has 1 aliphatic rings. The van der Waals surface area contributed by atoms with E-state index in [2.05, 4.69) is 18.7 Å². The van der Waals surface area contributed by atoms with Crippen molar-refractivity contribution in [3.63, 3.8) is 0 Å². The molecule has 0 aliphatic heterocycles. The van der Waals surface area contributed by atoms with Crippen LogP contribution in [-0.4, -0.2) is 29.7 Å². The minimum atomic E-state index is -0.189. The smallest absolute Gasteiger partial charge is 0.201 e. The monoisotopic (exact) mass is 340 g/mol. The number of nitrogens with one attached hydrogen (secondary N) is 1. The Morgan fingerprint density at radius 1 is 1.12 bits per heavy atom. The van der Waals surface area contributed by atoms with Crippen LogP contribution in [0.5, 0.6) is 0 Å². The molecule has 1 aliphatic carbocycles. The van der Waals surface area contributed by atoms with Crippen molar-refractivity contribution in [3.8, 4) is 0 Å². The number of hydrogen-bond donors (Lipinski definition) is 2. The maximum absolute atomic E-state index is 12.2. The van der Waals surface area contributed by atoms with Gasteiger partial charge in [0.2, 0.25) is 5.78 Å². The lowest BCUT2D eigenvalue weighted by atomic mass is 9.83. The number of carbonyl (C=O) groups excluding carboxylic acids is 1. The number of carbonyl (C=O) groups is 1. The molecule has 25 heavy (non-hydrogen) atoms. The molecule has 0 atom stereocenters. The lowest BCUT2D eigenvalue weighted by molar-refractivity contribution is -0.111. The Morgan fingerprint density at radius 3 is 2.12 bits per heavy atom. The van der Waals surface area contributed by atoms with Gasteiger partial charge in [-0.25, -0.2) is 0 Å². The number of ketones is 1. The third-order valence-corrected chi connectivity index (χ3v) is 4.41. The summed E-state index contributed by atoms with van der Waals surface area (Å²) in [5.74, 6) is -0.191. The van der Waals surface area contributed by atoms with Gasteiger partial charge in [-0.15, -0.1) is 0 Å². The molecule has 1 aromatic carbocycles. The summed E-state index contributed by atoms with van der Waals surface area (Å²) < 4.78 is 0. The van der Waals surface area contributed by atoms with Gasteiger partial charge in [-0.3, -0.25) is 4.79 Å². The summed E-state index contributed by atoms with van der Waals surface area (Å²) in [6.45, 7) is 8.04. The molecule has 0 unspecified atom stereocenters. The van der Waals surface area contributed by atoms with E-state index < -0.39 is 0 Å². The van der Waals surface area contributed by atoms with Crippen molar-refractivity contribution in [1.82, 2.24) is 0 Å². The summed E-state index contributed by atoms with van der Waals surface area (Å²) in [6.07, 6.45) is 6.06. The molecule has 0 aromatic heterocycles. The van der Waals surface area contributed by atoms with Gasteiger partial charge in [-0.05, 0) is 43.5 Å². The van der Waals surface area contributed by atoms with Crippen LogP contribution < -0.4 is 4.90 Å². The standard InChI is InChI=1S/C21H28N2O2/c1-4-6-12-23(13-7-5-2)17-10-8-16(9-11-17)19-20(24)18(21(19)25)14-15(3)22/h8-11,14,22,24H,4-7,12-13H2,1-3H3/b18-14-,22-15?. The number of aliphatic hydroxyl groups is 1. The van der Waals surface area contributed by atoms with Crippen LogP contribution in [0.15, 0.2) is 41.7 Å². The van der Waals surface area contributed by atoms with Gasteiger partial charge in [-0.2, -0.15) is 0 Å². The highest BCUT2D eigenvalue weighted by Crippen LogP contribution is 2.36.